The fourth-order valence-corrected chi connectivity index (χ4v) is 6.01. The first kappa shape index (κ1) is 30.1. The molecule has 2 aromatic rings. The van der Waals surface area contributed by atoms with Gasteiger partial charge in [0, 0.05) is 0 Å². The first-order valence-electron chi connectivity index (χ1n) is 10.9. The molecule has 0 radical (unpaired) electrons. The van der Waals surface area contributed by atoms with E-state index < -0.39 is 89.7 Å². The number of hydrogen-bond acceptors (Lipinski definition) is 17. The van der Waals surface area contributed by atoms with Gasteiger partial charge >= 0.3 is 15.6 Å². The van der Waals surface area contributed by atoms with Crippen LogP contribution in [0.1, 0.15) is 6.23 Å². The number of nitrogens with one attached hydrogen (secondary N) is 1. The van der Waals surface area contributed by atoms with Gasteiger partial charge in [0.15, 0.2) is 23.7 Å². The molecule has 23 heteroatoms. The highest BCUT2D eigenvalue weighted by Crippen LogP contribution is 2.61. The number of hydrogen-bond donors (Lipinski definition) is 10. The number of phosphoric ester groups is 2. The fourth-order valence-electron chi connectivity index (χ4n) is 3.85. The van der Waals surface area contributed by atoms with Crippen molar-refractivity contribution >= 4 is 32.8 Å². The molecular weight excluding hydrogens is 580 g/mol. The highest BCUT2D eigenvalue weighted by atomic mass is 31.3. The Balaban J connectivity index is 1.39. The van der Waals surface area contributed by atoms with Crippen molar-refractivity contribution in [3.63, 3.8) is 0 Å². The summed E-state index contributed by atoms with van der Waals surface area (Å²) in [6.07, 6.45) is -15.0. The molecule has 0 bridgehead atoms. The summed E-state index contributed by atoms with van der Waals surface area (Å²) in [5.74, 6) is -0.278. The van der Waals surface area contributed by atoms with Crippen LogP contribution in [-0.4, -0.2) is 122 Å². The monoisotopic (exact) mass is 605 g/mol. The topological polar surface area (TPSA) is 332 Å². The summed E-state index contributed by atoms with van der Waals surface area (Å²) in [5.41, 5.74) is 4.54. The molecular formula is C16H25N5O16P2. The zero-order valence-corrected chi connectivity index (χ0v) is 21.1. The van der Waals surface area contributed by atoms with Crippen LogP contribution in [0.4, 0.5) is 5.95 Å². The van der Waals surface area contributed by atoms with Crippen molar-refractivity contribution in [1.29, 1.82) is 0 Å². The van der Waals surface area contributed by atoms with E-state index in [2.05, 4.69) is 28.3 Å². The average molecular weight is 605 g/mol. The van der Waals surface area contributed by atoms with Gasteiger partial charge in [0.05, 0.1) is 19.5 Å². The van der Waals surface area contributed by atoms with Gasteiger partial charge in [-0.25, -0.2) is 14.1 Å². The summed E-state index contributed by atoms with van der Waals surface area (Å²) in [6, 6.07) is 0. The molecule has 2 aliphatic heterocycles. The first-order chi connectivity index (χ1) is 18.1. The van der Waals surface area contributed by atoms with Gasteiger partial charge in [0.2, 0.25) is 5.95 Å². The van der Waals surface area contributed by atoms with E-state index in [1.165, 1.54) is 0 Å². The van der Waals surface area contributed by atoms with Gasteiger partial charge in [-0.3, -0.25) is 23.4 Å². The normalized spacial score (nSPS) is 36.6. The van der Waals surface area contributed by atoms with Crippen LogP contribution in [0.3, 0.4) is 0 Å². The summed E-state index contributed by atoms with van der Waals surface area (Å²) < 4.78 is 49.1. The van der Waals surface area contributed by atoms with Crippen LogP contribution < -0.4 is 11.3 Å². The lowest BCUT2D eigenvalue weighted by molar-refractivity contribution is -0.280. The summed E-state index contributed by atoms with van der Waals surface area (Å²) in [4.78, 5) is 41.7. The molecule has 2 fully saturated rings. The lowest BCUT2D eigenvalue weighted by atomic mass is 10.00. The molecule has 2 saturated heterocycles. The number of nitrogens with zero attached hydrogens (tertiary/aromatic N) is 3. The van der Waals surface area contributed by atoms with Crippen molar-refractivity contribution in [1.82, 2.24) is 19.5 Å². The number of imidazole rings is 1. The SMILES string of the molecule is Nc1nc2c(ncn2[C@@H]2O[C@H](COP(=O)(O)OP(=O)(O)O[C@@H]3O[C@H](CO)[C@@H](O)[C@H](O)[C@H]3O)[C@@H](O)[C@H]2O)c(=O)[nH]1. The van der Waals surface area contributed by atoms with Crippen molar-refractivity contribution in [3.8, 4) is 0 Å². The van der Waals surface area contributed by atoms with E-state index in [4.69, 9.17) is 20.3 Å². The van der Waals surface area contributed by atoms with Crippen LogP contribution in [0.2, 0.25) is 0 Å². The number of H-pyrrole nitrogens is 1. The molecule has 0 aliphatic carbocycles. The minimum atomic E-state index is -5.60. The van der Waals surface area contributed by atoms with E-state index in [-0.39, 0.29) is 17.1 Å². The Labute approximate surface area is 216 Å². The quantitative estimate of drug-likeness (QED) is 0.120. The molecule has 4 heterocycles. The van der Waals surface area contributed by atoms with Crippen LogP contribution >= 0.6 is 15.6 Å². The summed E-state index contributed by atoms with van der Waals surface area (Å²) in [5, 5.41) is 59.2. The molecule has 0 aromatic carbocycles. The smallest absolute Gasteiger partial charge is 0.394 e. The molecule has 11 N–H and O–H groups in total. The number of ether oxygens (including phenoxy) is 2. The standard InChI is InChI=1S/C16H25N5O16P2/c17-16-19-12-6(13(28)20-16)18-3-21(12)14-10(26)8(24)5(34-14)2-33-38(29,30)37-39(31,32)36-15-11(27)9(25)7(23)4(1-22)35-15/h3-5,7-11,14-15,22-27H,1-2H2,(H,29,30)(H,31,32)(H3,17,19,20,28)/t4-,5-,7-,8-,9+,10-,11-,14-,15+/m1/s1. The number of aliphatic hydroxyl groups excluding tert-OH is 6. The van der Waals surface area contributed by atoms with Crippen molar-refractivity contribution in [3.05, 3.63) is 16.7 Å². The molecule has 4 rings (SSSR count). The van der Waals surface area contributed by atoms with Crippen molar-refractivity contribution < 1.29 is 72.4 Å². The van der Waals surface area contributed by atoms with E-state index >= 15 is 0 Å². The van der Waals surface area contributed by atoms with Gasteiger partial charge in [-0.1, -0.05) is 0 Å². The Kier molecular flexibility index (Phi) is 8.60. The van der Waals surface area contributed by atoms with Gasteiger partial charge in [-0.15, -0.1) is 0 Å². The maximum Gasteiger partial charge on any atom is 0.483 e. The predicted octanol–water partition coefficient (Wildman–Crippen LogP) is -4.63. The lowest BCUT2D eigenvalue weighted by Gasteiger charge is -2.39. The molecule has 2 aromatic heterocycles. The van der Waals surface area contributed by atoms with Gasteiger partial charge in [-0.2, -0.15) is 9.29 Å². The van der Waals surface area contributed by atoms with Gasteiger partial charge in [-0.05, 0) is 0 Å². The molecule has 0 amide bonds. The van der Waals surface area contributed by atoms with Gasteiger partial charge < -0.3 is 55.6 Å². The maximum absolute atomic E-state index is 12.3. The number of nitrogen functional groups attached to an aromatic ring is 1. The van der Waals surface area contributed by atoms with Crippen LogP contribution in [0.15, 0.2) is 11.1 Å². The largest absolute Gasteiger partial charge is 0.483 e. The number of aromatic amines is 1. The fraction of sp³-hybridized carbons (Fsp3) is 0.688. The number of aromatic nitrogens is 4. The molecule has 220 valence electrons. The first-order valence-corrected chi connectivity index (χ1v) is 13.9. The predicted molar refractivity (Wildman–Crippen MR) is 120 cm³/mol. The Hall–Kier alpha value is -1.91. The Morgan fingerprint density at radius 1 is 1.00 bits per heavy atom. The maximum atomic E-state index is 12.3. The Morgan fingerprint density at radius 3 is 2.33 bits per heavy atom. The van der Waals surface area contributed by atoms with E-state index in [9.17, 15) is 49.2 Å². The zero-order valence-electron chi connectivity index (χ0n) is 19.3. The van der Waals surface area contributed by atoms with Crippen LogP contribution in [0.5, 0.6) is 0 Å². The number of aliphatic hydroxyl groups is 6. The van der Waals surface area contributed by atoms with Gasteiger partial charge in [0.1, 0.15) is 42.7 Å². The number of fused-ring (bicyclic) bond motifs is 1. The third kappa shape index (κ3) is 6.22. The highest BCUT2D eigenvalue weighted by Gasteiger charge is 2.49. The zero-order chi connectivity index (χ0) is 28.9. The number of phosphoric acid groups is 2. The van der Waals surface area contributed by atoms with Crippen molar-refractivity contribution in [2.24, 2.45) is 0 Å². The van der Waals surface area contributed by atoms with Crippen molar-refractivity contribution in [2.45, 2.75) is 55.2 Å². The summed E-state index contributed by atoms with van der Waals surface area (Å²) >= 11 is 0. The second kappa shape index (κ2) is 11.2. The Morgan fingerprint density at radius 2 is 1.67 bits per heavy atom. The second-order valence-electron chi connectivity index (χ2n) is 8.44. The molecule has 0 saturated carbocycles. The molecule has 39 heavy (non-hydrogen) atoms. The number of anilines is 1. The van der Waals surface area contributed by atoms with E-state index in [1.54, 1.807) is 0 Å². The number of nitrogens with two attached hydrogens (primary N) is 1. The summed E-state index contributed by atoms with van der Waals surface area (Å²) in [6.45, 7) is -1.89. The van der Waals surface area contributed by atoms with E-state index in [0.29, 0.717) is 0 Å². The van der Waals surface area contributed by atoms with Crippen molar-refractivity contribution in [2.75, 3.05) is 18.9 Å². The minimum Gasteiger partial charge on any atom is -0.394 e. The highest BCUT2D eigenvalue weighted by molar-refractivity contribution is 7.61. The third-order valence-corrected chi connectivity index (χ3v) is 8.36. The summed E-state index contributed by atoms with van der Waals surface area (Å²) in [7, 11) is -11.1. The van der Waals surface area contributed by atoms with Crippen LogP contribution in [0, 0.1) is 0 Å². The third-order valence-electron chi connectivity index (χ3n) is 5.76. The lowest BCUT2D eigenvalue weighted by Crippen LogP contribution is -2.58. The molecule has 2 aliphatic rings. The van der Waals surface area contributed by atoms with E-state index in [0.717, 1.165) is 10.9 Å². The molecule has 21 nitrogen and oxygen atoms in total. The van der Waals surface area contributed by atoms with E-state index in [1.807, 2.05) is 0 Å². The van der Waals surface area contributed by atoms with Crippen LogP contribution in [0.25, 0.3) is 11.2 Å². The molecule has 0 spiro atoms. The van der Waals surface area contributed by atoms with Gasteiger partial charge in [0.25, 0.3) is 5.56 Å². The second-order valence-corrected chi connectivity index (χ2v) is 11.4. The van der Waals surface area contributed by atoms with Crippen LogP contribution in [-0.2, 0) is 32.0 Å². The number of rotatable bonds is 9. The Bertz CT molecular complexity index is 1340. The molecule has 2 unspecified atom stereocenters. The average Bonchev–Trinajstić information content (AvgIpc) is 3.38. The minimum absolute atomic E-state index is 0.114. The molecule has 11 atom stereocenters.